The predicted molar refractivity (Wildman–Crippen MR) is 87.8 cm³/mol. The number of hydrogen-bond acceptors (Lipinski definition) is 1. The SMILES string of the molecule is C/C(=C\C(=O)N[C@@H](C)Cc1ccccc1)c1ccccc1. The number of allylic oxidation sites excluding steroid dienone is 1. The summed E-state index contributed by atoms with van der Waals surface area (Å²) in [5, 5.41) is 3.01. The highest BCUT2D eigenvalue weighted by Crippen LogP contribution is 2.12. The summed E-state index contributed by atoms with van der Waals surface area (Å²) in [5.74, 6) is -0.0419. The lowest BCUT2D eigenvalue weighted by Gasteiger charge is -2.13. The fourth-order valence-electron chi connectivity index (χ4n) is 2.28. The number of rotatable bonds is 5. The van der Waals surface area contributed by atoms with Crippen molar-refractivity contribution < 1.29 is 4.79 Å². The molecule has 1 amide bonds. The van der Waals surface area contributed by atoms with Gasteiger partial charge in [-0.2, -0.15) is 0 Å². The van der Waals surface area contributed by atoms with E-state index in [9.17, 15) is 4.79 Å². The van der Waals surface area contributed by atoms with E-state index in [0.29, 0.717) is 0 Å². The number of carbonyl (C=O) groups excluding carboxylic acids is 1. The molecule has 2 heteroatoms. The maximum Gasteiger partial charge on any atom is 0.244 e. The molecule has 21 heavy (non-hydrogen) atoms. The van der Waals surface area contributed by atoms with Gasteiger partial charge < -0.3 is 5.32 Å². The third kappa shape index (κ3) is 4.92. The largest absolute Gasteiger partial charge is 0.350 e. The van der Waals surface area contributed by atoms with Gasteiger partial charge in [0.05, 0.1) is 0 Å². The van der Waals surface area contributed by atoms with Gasteiger partial charge >= 0.3 is 0 Å². The molecule has 0 aromatic heterocycles. The van der Waals surface area contributed by atoms with Crippen LogP contribution in [0, 0.1) is 0 Å². The summed E-state index contributed by atoms with van der Waals surface area (Å²) >= 11 is 0. The molecular weight excluding hydrogens is 258 g/mol. The third-order valence-electron chi connectivity index (χ3n) is 3.35. The highest BCUT2D eigenvalue weighted by atomic mass is 16.1. The predicted octanol–water partition coefficient (Wildman–Crippen LogP) is 3.84. The quantitative estimate of drug-likeness (QED) is 0.828. The zero-order valence-electron chi connectivity index (χ0n) is 12.5. The van der Waals surface area contributed by atoms with Gasteiger partial charge in [0.15, 0.2) is 0 Å². The molecule has 0 saturated carbocycles. The Bertz CT molecular complexity index is 602. The summed E-state index contributed by atoms with van der Waals surface area (Å²) in [4.78, 5) is 12.0. The Labute approximate surface area is 126 Å². The molecule has 2 rings (SSSR count). The molecule has 0 spiro atoms. The zero-order valence-corrected chi connectivity index (χ0v) is 12.5. The van der Waals surface area contributed by atoms with Crippen molar-refractivity contribution in [2.75, 3.05) is 0 Å². The second kappa shape index (κ2) is 7.44. The van der Waals surface area contributed by atoms with Gasteiger partial charge in [0, 0.05) is 12.1 Å². The second-order valence-corrected chi connectivity index (χ2v) is 5.29. The van der Waals surface area contributed by atoms with Crippen LogP contribution in [0.25, 0.3) is 5.57 Å². The van der Waals surface area contributed by atoms with Gasteiger partial charge in [-0.15, -0.1) is 0 Å². The highest BCUT2D eigenvalue weighted by Gasteiger charge is 2.06. The molecule has 0 aliphatic carbocycles. The summed E-state index contributed by atoms with van der Waals surface area (Å²) in [6, 6.07) is 20.2. The van der Waals surface area contributed by atoms with Crippen LogP contribution in [0.4, 0.5) is 0 Å². The first kappa shape index (κ1) is 15.0. The van der Waals surface area contributed by atoms with Crippen LogP contribution in [0.5, 0.6) is 0 Å². The molecule has 0 aliphatic rings. The number of carbonyl (C=O) groups is 1. The Hall–Kier alpha value is -2.35. The van der Waals surface area contributed by atoms with Crippen LogP contribution < -0.4 is 5.32 Å². The highest BCUT2D eigenvalue weighted by molar-refractivity contribution is 5.94. The molecule has 108 valence electrons. The minimum absolute atomic E-state index is 0.0419. The van der Waals surface area contributed by atoms with Crippen molar-refractivity contribution in [2.45, 2.75) is 26.3 Å². The smallest absolute Gasteiger partial charge is 0.244 e. The Balaban J connectivity index is 1.92. The van der Waals surface area contributed by atoms with E-state index >= 15 is 0 Å². The van der Waals surface area contributed by atoms with Crippen molar-refractivity contribution in [3.8, 4) is 0 Å². The first-order valence-electron chi connectivity index (χ1n) is 7.23. The van der Waals surface area contributed by atoms with Crippen molar-refractivity contribution in [3.63, 3.8) is 0 Å². The van der Waals surface area contributed by atoms with Crippen LogP contribution in [0.1, 0.15) is 25.0 Å². The molecule has 0 bridgehead atoms. The van der Waals surface area contributed by atoms with E-state index in [0.717, 1.165) is 17.6 Å². The Morgan fingerprint density at radius 2 is 1.62 bits per heavy atom. The van der Waals surface area contributed by atoms with Gasteiger partial charge in [-0.3, -0.25) is 4.79 Å². The standard InChI is InChI=1S/C19H21NO/c1-15(18-11-7-4-8-12-18)13-19(21)20-16(2)14-17-9-5-3-6-10-17/h3-13,16H,14H2,1-2H3,(H,20,21)/b15-13+/t16-/m0/s1. The minimum Gasteiger partial charge on any atom is -0.350 e. The molecule has 0 unspecified atom stereocenters. The van der Waals surface area contributed by atoms with Crippen molar-refractivity contribution in [1.82, 2.24) is 5.32 Å². The number of hydrogen-bond donors (Lipinski definition) is 1. The average molecular weight is 279 g/mol. The van der Waals surface area contributed by atoms with E-state index < -0.39 is 0 Å². The van der Waals surface area contributed by atoms with Crippen molar-refractivity contribution in [3.05, 3.63) is 77.9 Å². The summed E-state index contributed by atoms with van der Waals surface area (Å²) in [6.45, 7) is 3.98. The van der Waals surface area contributed by atoms with Crippen molar-refractivity contribution >= 4 is 11.5 Å². The average Bonchev–Trinajstić information content (AvgIpc) is 2.48. The maximum absolute atomic E-state index is 12.0. The van der Waals surface area contributed by atoms with Crippen molar-refractivity contribution in [2.24, 2.45) is 0 Å². The molecule has 2 nitrogen and oxygen atoms in total. The topological polar surface area (TPSA) is 29.1 Å². The molecular formula is C19H21NO. The fourth-order valence-corrected chi connectivity index (χ4v) is 2.28. The lowest BCUT2D eigenvalue weighted by Crippen LogP contribution is -2.32. The lowest BCUT2D eigenvalue weighted by atomic mass is 10.1. The van der Waals surface area contributed by atoms with Gasteiger partial charge in [-0.05, 0) is 37.0 Å². The summed E-state index contributed by atoms with van der Waals surface area (Å²) in [6.07, 6.45) is 2.50. The van der Waals surface area contributed by atoms with E-state index in [1.54, 1.807) is 6.08 Å². The van der Waals surface area contributed by atoms with Crippen LogP contribution in [0.2, 0.25) is 0 Å². The zero-order chi connectivity index (χ0) is 15.1. The van der Waals surface area contributed by atoms with Crippen molar-refractivity contribution in [1.29, 1.82) is 0 Å². The van der Waals surface area contributed by atoms with Gasteiger partial charge in [0.25, 0.3) is 0 Å². The van der Waals surface area contributed by atoms with Gasteiger partial charge in [0.1, 0.15) is 0 Å². The summed E-state index contributed by atoms with van der Waals surface area (Å²) in [7, 11) is 0. The molecule has 2 aromatic rings. The molecule has 2 aromatic carbocycles. The van der Waals surface area contributed by atoms with E-state index in [4.69, 9.17) is 0 Å². The van der Waals surface area contributed by atoms with Crippen LogP contribution in [0.3, 0.4) is 0 Å². The monoisotopic (exact) mass is 279 g/mol. The number of benzene rings is 2. The molecule has 0 fully saturated rings. The molecule has 1 atom stereocenters. The van der Waals surface area contributed by atoms with Crippen LogP contribution in [-0.4, -0.2) is 11.9 Å². The van der Waals surface area contributed by atoms with Gasteiger partial charge in [-0.1, -0.05) is 60.7 Å². The lowest BCUT2D eigenvalue weighted by molar-refractivity contribution is -0.117. The first-order chi connectivity index (χ1) is 10.1. The summed E-state index contributed by atoms with van der Waals surface area (Å²) in [5.41, 5.74) is 3.28. The maximum atomic E-state index is 12.0. The van der Waals surface area contributed by atoms with E-state index in [1.165, 1.54) is 5.56 Å². The third-order valence-corrected chi connectivity index (χ3v) is 3.35. The Morgan fingerprint density at radius 1 is 1.05 bits per heavy atom. The Morgan fingerprint density at radius 3 is 2.24 bits per heavy atom. The molecule has 1 N–H and O–H groups in total. The van der Waals surface area contributed by atoms with Crippen LogP contribution in [0.15, 0.2) is 66.7 Å². The fraction of sp³-hybridized carbons (Fsp3) is 0.211. The summed E-state index contributed by atoms with van der Waals surface area (Å²) < 4.78 is 0. The van der Waals surface area contributed by atoms with Gasteiger partial charge in [-0.25, -0.2) is 0 Å². The number of nitrogens with one attached hydrogen (secondary N) is 1. The number of amides is 1. The normalized spacial score (nSPS) is 12.8. The van der Waals surface area contributed by atoms with Crippen LogP contribution >= 0.6 is 0 Å². The van der Waals surface area contributed by atoms with E-state index in [1.807, 2.05) is 62.4 Å². The minimum atomic E-state index is -0.0419. The molecule has 0 aliphatic heterocycles. The molecule has 0 radical (unpaired) electrons. The van der Waals surface area contributed by atoms with Crippen LogP contribution in [-0.2, 0) is 11.2 Å². The molecule has 0 saturated heterocycles. The van der Waals surface area contributed by atoms with Gasteiger partial charge in [0.2, 0.25) is 5.91 Å². The van der Waals surface area contributed by atoms with E-state index in [-0.39, 0.29) is 11.9 Å². The second-order valence-electron chi connectivity index (χ2n) is 5.29. The van der Waals surface area contributed by atoms with E-state index in [2.05, 4.69) is 17.4 Å². The molecule has 0 heterocycles. The first-order valence-corrected chi connectivity index (χ1v) is 7.23. The Kier molecular flexibility index (Phi) is 5.33.